The third-order valence-corrected chi connectivity index (χ3v) is 5.91. The van der Waals surface area contributed by atoms with Gasteiger partial charge in [-0.1, -0.05) is 50.2 Å². The summed E-state index contributed by atoms with van der Waals surface area (Å²) in [7, 11) is 3.05. The maximum Gasteiger partial charge on any atom is 0.317 e. The van der Waals surface area contributed by atoms with E-state index in [4.69, 9.17) is 0 Å². The van der Waals surface area contributed by atoms with Crippen LogP contribution in [0.2, 0.25) is 0 Å². The van der Waals surface area contributed by atoms with Crippen LogP contribution in [0.3, 0.4) is 0 Å². The number of aromatic nitrogens is 1. The van der Waals surface area contributed by atoms with Crippen LogP contribution in [0.1, 0.15) is 49.0 Å². The molecule has 188 valence electrons. The van der Waals surface area contributed by atoms with Crippen molar-refractivity contribution >= 4 is 17.8 Å². The molecule has 1 aromatic carbocycles. The maximum absolute atomic E-state index is 14.7. The number of nitrogens with zero attached hydrogens (tertiary/aromatic N) is 3. The molecule has 1 aliphatic rings. The first-order chi connectivity index (χ1) is 16.6. The minimum Gasteiger partial charge on any atom is -0.342 e. The standard InChI is InChI=1S/C25H31F2N5O3/c1-15(2)18-10-11-19(29-23(18)27)22(16-8-6-5-7-9-16)30-24(34)20-12-17(26)14-32(20)21(33)13-28-25(35)31(3)4/h5-11,15,17,20,22H,12-14H2,1-4H3,(H,28,35)(H,30,34). The normalized spacial score (nSPS) is 18.3. The Balaban J connectivity index is 1.83. The van der Waals surface area contributed by atoms with Crippen LogP contribution in [-0.2, 0) is 9.59 Å². The van der Waals surface area contributed by atoms with Crippen LogP contribution >= 0.6 is 0 Å². The van der Waals surface area contributed by atoms with E-state index < -0.39 is 42.0 Å². The molecule has 1 saturated heterocycles. The van der Waals surface area contributed by atoms with Crippen molar-refractivity contribution in [2.24, 2.45) is 0 Å². The molecule has 1 aliphatic heterocycles. The van der Waals surface area contributed by atoms with E-state index in [1.54, 1.807) is 36.4 Å². The van der Waals surface area contributed by atoms with Crippen LogP contribution < -0.4 is 10.6 Å². The highest BCUT2D eigenvalue weighted by atomic mass is 19.1. The van der Waals surface area contributed by atoms with Crippen molar-refractivity contribution in [2.45, 2.75) is 44.4 Å². The van der Waals surface area contributed by atoms with E-state index in [0.717, 1.165) is 4.90 Å². The molecule has 2 heterocycles. The number of hydrogen-bond donors (Lipinski definition) is 2. The number of amides is 4. The molecule has 0 radical (unpaired) electrons. The van der Waals surface area contributed by atoms with Crippen LogP contribution in [0, 0.1) is 5.95 Å². The van der Waals surface area contributed by atoms with Crippen LogP contribution in [-0.4, -0.2) is 72.0 Å². The Morgan fingerprint density at radius 1 is 1.14 bits per heavy atom. The van der Waals surface area contributed by atoms with E-state index >= 15 is 0 Å². The van der Waals surface area contributed by atoms with Crippen LogP contribution in [0.4, 0.5) is 13.6 Å². The molecule has 0 saturated carbocycles. The highest BCUT2D eigenvalue weighted by Gasteiger charge is 2.40. The number of pyridine rings is 1. The fraction of sp³-hybridized carbons (Fsp3) is 0.440. The summed E-state index contributed by atoms with van der Waals surface area (Å²) in [6.07, 6.45) is -1.55. The monoisotopic (exact) mass is 487 g/mol. The van der Waals surface area contributed by atoms with Gasteiger partial charge in [-0.2, -0.15) is 4.39 Å². The smallest absolute Gasteiger partial charge is 0.317 e. The van der Waals surface area contributed by atoms with Crippen molar-refractivity contribution < 1.29 is 23.2 Å². The second-order valence-corrected chi connectivity index (χ2v) is 9.07. The first kappa shape index (κ1) is 26.1. The van der Waals surface area contributed by atoms with Crippen LogP contribution in [0.15, 0.2) is 42.5 Å². The third-order valence-electron chi connectivity index (χ3n) is 5.91. The highest BCUT2D eigenvalue weighted by Crippen LogP contribution is 2.26. The molecule has 1 aromatic heterocycles. The molecular weight excluding hydrogens is 456 g/mol. The summed E-state index contributed by atoms with van der Waals surface area (Å²) in [6, 6.07) is 9.86. The summed E-state index contributed by atoms with van der Waals surface area (Å²) in [6.45, 7) is 3.10. The highest BCUT2D eigenvalue weighted by molar-refractivity contribution is 5.91. The molecule has 1 fully saturated rings. The zero-order chi connectivity index (χ0) is 25.7. The van der Waals surface area contributed by atoms with Crippen LogP contribution in [0.5, 0.6) is 0 Å². The van der Waals surface area contributed by atoms with Gasteiger partial charge >= 0.3 is 6.03 Å². The van der Waals surface area contributed by atoms with Crippen molar-refractivity contribution in [3.05, 3.63) is 65.2 Å². The quantitative estimate of drug-likeness (QED) is 0.588. The summed E-state index contributed by atoms with van der Waals surface area (Å²) in [4.78, 5) is 44.2. The predicted molar refractivity (Wildman–Crippen MR) is 127 cm³/mol. The van der Waals surface area contributed by atoms with Gasteiger partial charge in [-0.3, -0.25) is 9.59 Å². The lowest BCUT2D eigenvalue weighted by molar-refractivity contribution is -0.137. The number of nitrogens with one attached hydrogen (secondary N) is 2. The van der Waals surface area contributed by atoms with Gasteiger partial charge in [-0.15, -0.1) is 0 Å². The molecule has 3 rings (SSSR count). The lowest BCUT2D eigenvalue weighted by Gasteiger charge is -2.27. The predicted octanol–water partition coefficient (Wildman–Crippen LogP) is 2.76. The van der Waals surface area contributed by atoms with Gasteiger partial charge in [0.2, 0.25) is 17.8 Å². The van der Waals surface area contributed by atoms with Crippen molar-refractivity contribution in [1.82, 2.24) is 25.4 Å². The maximum atomic E-state index is 14.7. The van der Waals surface area contributed by atoms with E-state index in [2.05, 4.69) is 15.6 Å². The number of rotatable bonds is 7. The third kappa shape index (κ3) is 6.32. The van der Waals surface area contributed by atoms with E-state index in [9.17, 15) is 23.2 Å². The second-order valence-electron chi connectivity index (χ2n) is 9.07. The van der Waals surface area contributed by atoms with Gasteiger partial charge in [0.1, 0.15) is 12.2 Å². The Labute approximate surface area is 203 Å². The number of carbonyl (C=O) groups excluding carboxylic acids is 3. The molecule has 0 bridgehead atoms. The van der Waals surface area contributed by atoms with Crippen molar-refractivity contribution in [1.29, 1.82) is 0 Å². The fourth-order valence-electron chi connectivity index (χ4n) is 3.98. The Morgan fingerprint density at radius 2 is 1.83 bits per heavy atom. The SMILES string of the molecule is CC(C)c1ccc(C(NC(=O)C2CC(F)CN2C(=O)CNC(=O)N(C)C)c2ccccc2)nc1F. The van der Waals surface area contributed by atoms with Gasteiger partial charge in [-0.05, 0) is 17.5 Å². The fourth-order valence-corrected chi connectivity index (χ4v) is 3.98. The number of carbonyl (C=O) groups is 3. The Hall–Kier alpha value is -3.56. The Kier molecular flexibility index (Phi) is 8.37. The zero-order valence-electron chi connectivity index (χ0n) is 20.3. The molecule has 2 N–H and O–H groups in total. The van der Waals surface area contributed by atoms with Gasteiger partial charge < -0.3 is 20.4 Å². The molecule has 3 unspecified atom stereocenters. The van der Waals surface area contributed by atoms with E-state index in [1.165, 1.54) is 19.0 Å². The summed E-state index contributed by atoms with van der Waals surface area (Å²) in [5.41, 5.74) is 1.41. The Morgan fingerprint density at radius 3 is 2.43 bits per heavy atom. The number of hydrogen-bond acceptors (Lipinski definition) is 4. The second kappa shape index (κ2) is 11.2. The molecule has 0 aliphatic carbocycles. The van der Waals surface area contributed by atoms with Crippen molar-refractivity contribution in [3.8, 4) is 0 Å². The topological polar surface area (TPSA) is 94.6 Å². The molecule has 8 nitrogen and oxygen atoms in total. The average Bonchev–Trinajstić information content (AvgIpc) is 3.22. The van der Waals surface area contributed by atoms with Gasteiger partial charge in [0.05, 0.1) is 24.8 Å². The number of alkyl halides is 1. The molecule has 35 heavy (non-hydrogen) atoms. The summed E-state index contributed by atoms with van der Waals surface area (Å²) >= 11 is 0. The van der Waals surface area contributed by atoms with Gasteiger partial charge in [0, 0.05) is 26.1 Å². The summed E-state index contributed by atoms with van der Waals surface area (Å²) in [5, 5.41) is 5.27. The molecule has 4 amide bonds. The van der Waals surface area contributed by atoms with Gasteiger partial charge in [0.25, 0.3) is 0 Å². The number of likely N-dealkylation sites (tertiary alicyclic amines) is 1. The largest absolute Gasteiger partial charge is 0.342 e. The van der Waals surface area contributed by atoms with E-state index in [-0.39, 0.29) is 31.1 Å². The first-order valence-electron chi connectivity index (χ1n) is 11.5. The van der Waals surface area contributed by atoms with E-state index in [0.29, 0.717) is 11.1 Å². The average molecular weight is 488 g/mol. The number of urea groups is 1. The minimum absolute atomic E-state index is 0.0612. The zero-order valence-corrected chi connectivity index (χ0v) is 20.3. The van der Waals surface area contributed by atoms with Crippen molar-refractivity contribution in [2.75, 3.05) is 27.2 Å². The van der Waals surface area contributed by atoms with E-state index in [1.807, 2.05) is 19.9 Å². The lowest BCUT2D eigenvalue weighted by Crippen LogP contribution is -2.50. The number of benzene rings is 1. The first-order valence-corrected chi connectivity index (χ1v) is 11.5. The van der Waals surface area contributed by atoms with Gasteiger partial charge in [0.15, 0.2) is 0 Å². The molecule has 3 atom stereocenters. The minimum atomic E-state index is -1.38. The lowest BCUT2D eigenvalue weighted by atomic mass is 9.99. The molecule has 0 spiro atoms. The Bertz CT molecular complexity index is 1060. The summed E-state index contributed by atoms with van der Waals surface area (Å²) < 4.78 is 29.0. The van der Waals surface area contributed by atoms with Crippen LogP contribution in [0.25, 0.3) is 0 Å². The number of halogens is 2. The van der Waals surface area contributed by atoms with Gasteiger partial charge in [-0.25, -0.2) is 14.2 Å². The molecule has 10 heteroatoms. The molecular formula is C25H31F2N5O3. The van der Waals surface area contributed by atoms with Crippen molar-refractivity contribution in [3.63, 3.8) is 0 Å². The molecule has 2 aromatic rings. The summed E-state index contributed by atoms with van der Waals surface area (Å²) in [5.74, 6) is -1.83.